The van der Waals surface area contributed by atoms with E-state index in [1.165, 1.54) is 0 Å². The summed E-state index contributed by atoms with van der Waals surface area (Å²) in [4.78, 5) is 11.7. The molecule has 13 heavy (non-hydrogen) atoms. The van der Waals surface area contributed by atoms with E-state index < -0.39 is 0 Å². The molecule has 1 fully saturated rings. The van der Waals surface area contributed by atoms with Crippen LogP contribution in [0.15, 0.2) is 0 Å². The molecule has 1 aliphatic heterocycles. The third-order valence-electron chi connectivity index (χ3n) is 2.78. The molecule has 1 heterocycles. The average molecular weight is 185 g/mol. The fourth-order valence-electron chi connectivity index (χ4n) is 1.54. The number of carbonyl (C=O) groups is 1. The number of nitrogens with two attached hydrogens (primary N) is 1. The smallest absolute Gasteiger partial charge is 0.140 e. The van der Waals surface area contributed by atoms with E-state index in [0.29, 0.717) is 25.6 Å². The Kier molecular flexibility index (Phi) is 3.88. The van der Waals surface area contributed by atoms with Crippen LogP contribution in [-0.2, 0) is 9.53 Å². The van der Waals surface area contributed by atoms with Crippen LogP contribution in [0.2, 0.25) is 0 Å². The Morgan fingerprint density at radius 2 is 2.31 bits per heavy atom. The maximum atomic E-state index is 11.7. The van der Waals surface area contributed by atoms with Crippen LogP contribution in [-0.4, -0.2) is 25.0 Å². The first-order valence-corrected chi connectivity index (χ1v) is 5.01. The van der Waals surface area contributed by atoms with Crippen molar-refractivity contribution in [2.75, 3.05) is 13.2 Å². The summed E-state index contributed by atoms with van der Waals surface area (Å²) in [5.41, 5.74) is 5.75. The summed E-state index contributed by atoms with van der Waals surface area (Å²) in [5.74, 6) is 0.702. The fourth-order valence-corrected chi connectivity index (χ4v) is 1.54. The zero-order valence-electron chi connectivity index (χ0n) is 8.45. The Labute approximate surface area is 79.6 Å². The molecule has 0 radical (unpaired) electrons. The molecule has 0 saturated carbocycles. The summed E-state index contributed by atoms with van der Waals surface area (Å²) in [6.45, 7) is 5.26. The third-order valence-corrected chi connectivity index (χ3v) is 2.78. The van der Waals surface area contributed by atoms with Gasteiger partial charge in [-0.25, -0.2) is 0 Å². The Balaban J connectivity index is 2.38. The van der Waals surface area contributed by atoms with E-state index in [4.69, 9.17) is 10.5 Å². The Morgan fingerprint density at radius 3 is 2.77 bits per heavy atom. The van der Waals surface area contributed by atoms with Crippen LogP contribution in [0.25, 0.3) is 0 Å². The topological polar surface area (TPSA) is 52.3 Å². The van der Waals surface area contributed by atoms with Gasteiger partial charge in [0.2, 0.25) is 0 Å². The van der Waals surface area contributed by atoms with Crippen LogP contribution in [0.5, 0.6) is 0 Å². The van der Waals surface area contributed by atoms with Crippen molar-refractivity contribution in [3.63, 3.8) is 0 Å². The summed E-state index contributed by atoms with van der Waals surface area (Å²) < 4.78 is 5.16. The van der Waals surface area contributed by atoms with Gasteiger partial charge in [0.1, 0.15) is 5.78 Å². The van der Waals surface area contributed by atoms with Crippen LogP contribution in [0.4, 0.5) is 0 Å². The number of ether oxygens (including phenoxy) is 1. The summed E-state index contributed by atoms with van der Waals surface area (Å²) in [5, 5.41) is 0. The molecule has 1 saturated heterocycles. The zero-order chi connectivity index (χ0) is 9.84. The van der Waals surface area contributed by atoms with Crippen LogP contribution >= 0.6 is 0 Å². The van der Waals surface area contributed by atoms with E-state index in [-0.39, 0.29) is 17.7 Å². The van der Waals surface area contributed by atoms with E-state index in [1.54, 1.807) is 0 Å². The van der Waals surface area contributed by atoms with Crippen molar-refractivity contribution in [2.45, 2.75) is 32.7 Å². The molecule has 3 heteroatoms. The molecule has 76 valence electrons. The molecule has 0 aliphatic carbocycles. The van der Waals surface area contributed by atoms with Crippen LogP contribution < -0.4 is 5.73 Å². The molecule has 0 bridgehead atoms. The van der Waals surface area contributed by atoms with Gasteiger partial charge in [0, 0.05) is 12.5 Å². The van der Waals surface area contributed by atoms with Gasteiger partial charge in [-0.15, -0.1) is 0 Å². The molecule has 3 nitrogen and oxygen atoms in total. The van der Waals surface area contributed by atoms with Crippen molar-refractivity contribution in [3.8, 4) is 0 Å². The lowest BCUT2D eigenvalue weighted by molar-refractivity contribution is -0.123. The SMILES string of the molecule is CCC(C)CC(=O)C1COCC1N. The maximum Gasteiger partial charge on any atom is 0.140 e. The van der Waals surface area contributed by atoms with E-state index in [1.807, 2.05) is 0 Å². The molecule has 0 aromatic carbocycles. The van der Waals surface area contributed by atoms with Crippen LogP contribution in [0.1, 0.15) is 26.7 Å². The van der Waals surface area contributed by atoms with Crippen molar-refractivity contribution >= 4 is 5.78 Å². The average Bonchev–Trinajstić information content (AvgIpc) is 2.51. The molecule has 2 N–H and O–H groups in total. The second-order valence-corrected chi connectivity index (χ2v) is 3.99. The summed E-state index contributed by atoms with van der Waals surface area (Å²) >= 11 is 0. The lowest BCUT2D eigenvalue weighted by Crippen LogP contribution is -2.34. The quantitative estimate of drug-likeness (QED) is 0.710. The van der Waals surface area contributed by atoms with Crippen molar-refractivity contribution < 1.29 is 9.53 Å². The van der Waals surface area contributed by atoms with Gasteiger partial charge in [-0.1, -0.05) is 20.3 Å². The predicted octanol–water partition coefficient (Wildman–Crippen LogP) is 0.965. The zero-order valence-corrected chi connectivity index (χ0v) is 8.45. The van der Waals surface area contributed by atoms with Gasteiger partial charge >= 0.3 is 0 Å². The standard InChI is InChI=1S/C10H19NO2/c1-3-7(2)4-10(12)8-5-13-6-9(8)11/h7-9H,3-6,11H2,1-2H3. The van der Waals surface area contributed by atoms with Gasteiger partial charge in [-0.2, -0.15) is 0 Å². The summed E-state index contributed by atoms with van der Waals surface area (Å²) in [6, 6.07) is -0.0726. The number of carbonyl (C=O) groups excluding carboxylic acids is 1. The Bertz CT molecular complexity index is 182. The molecule has 0 amide bonds. The predicted molar refractivity (Wildman–Crippen MR) is 51.4 cm³/mol. The van der Waals surface area contributed by atoms with Gasteiger partial charge in [0.05, 0.1) is 19.1 Å². The number of hydrogen-bond acceptors (Lipinski definition) is 3. The highest BCUT2D eigenvalue weighted by atomic mass is 16.5. The van der Waals surface area contributed by atoms with Crippen LogP contribution in [0, 0.1) is 11.8 Å². The van der Waals surface area contributed by atoms with Crippen molar-refractivity contribution in [1.82, 2.24) is 0 Å². The van der Waals surface area contributed by atoms with Gasteiger partial charge in [0.15, 0.2) is 0 Å². The van der Waals surface area contributed by atoms with Crippen molar-refractivity contribution in [1.29, 1.82) is 0 Å². The van der Waals surface area contributed by atoms with Gasteiger partial charge in [-0.3, -0.25) is 4.79 Å². The largest absolute Gasteiger partial charge is 0.379 e. The van der Waals surface area contributed by atoms with E-state index in [0.717, 1.165) is 6.42 Å². The van der Waals surface area contributed by atoms with E-state index >= 15 is 0 Å². The minimum Gasteiger partial charge on any atom is -0.379 e. The first-order chi connectivity index (χ1) is 6.15. The molecule has 3 atom stereocenters. The Hall–Kier alpha value is -0.410. The number of hydrogen-bond donors (Lipinski definition) is 1. The molecule has 1 aliphatic rings. The molecule has 0 spiro atoms. The maximum absolute atomic E-state index is 11.7. The molecular weight excluding hydrogens is 166 g/mol. The van der Waals surface area contributed by atoms with E-state index in [9.17, 15) is 4.79 Å². The fraction of sp³-hybridized carbons (Fsp3) is 0.900. The number of rotatable bonds is 4. The van der Waals surface area contributed by atoms with Crippen molar-refractivity contribution in [2.24, 2.45) is 17.6 Å². The minimum atomic E-state index is -0.0726. The molecule has 0 aromatic heterocycles. The minimum absolute atomic E-state index is 0.0472. The molecule has 1 rings (SSSR count). The lowest BCUT2D eigenvalue weighted by Gasteiger charge is -2.14. The first-order valence-electron chi connectivity index (χ1n) is 5.01. The normalized spacial score (nSPS) is 30.4. The second kappa shape index (κ2) is 4.72. The van der Waals surface area contributed by atoms with Gasteiger partial charge < -0.3 is 10.5 Å². The second-order valence-electron chi connectivity index (χ2n) is 3.99. The Morgan fingerprint density at radius 1 is 1.62 bits per heavy atom. The van der Waals surface area contributed by atoms with Gasteiger partial charge in [0.25, 0.3) is 0 Å². The molecule has 0 aromatic rings. The summed E-state index contributed by atoms with van der Waals surface area (Å²) in [6.07, 6.45) is 1.70. The van der Waals surface area contributed by atoms with Crippen LogP contribution in [0.3, 0.4) is 0 Å². The lowest BCUT2D eigenvalue weighted by atomic mass is 9.91. The highest BCUT2D eigenvalue weighted by molar-refractivity contribution is 5.82. The highest BCUT2D eigenvalue weighted by Gasteiger charge is 2.31. The van der Waals surface area contributed by atoms with Crippen molar-refractivity contribution in [3.05, 3.63) is 0 Å². The number of Topliss-reactive ketones (excluding diaryl/α,β-unsaturated/α-hetero) is 1. The highest BCUT2D eigenvalue weighted by Crippen LogP contribution is 2.18. The van der Waals surface area contributed by atoms with E-state index in [2.05, 4.69) is 13.8 Å². The number of ketones is 1. The molecule has 3 unspecified atom stereocenters. The monoisotopic (exact) mass is 185 g/mol. The first kappa shape index (κ1) is 10.7. The summed E-state index contributed by atoms with van der Waals surface area (Å²) in [7, 11) is 0. The molecular formula is C10H19NO2. The third kappa shape index (κ3) is 2.78. The van der Waals surface area contributed by atoms with Gasteiger partial charge in [-0.05, 0) is 5.92 Å².